The van der Waals surface area contributed by atoms with Gasteiger partial charge in [0, 0.05) is 29.1 Å². The SMILES string of the molecule is C[C@@H]1C[C@H]2[C@]3(C)CCC4=CC(=O)C=C[C@]4(C)[C@@]3(F)[C@@H](O)C[C@]2(C)[C@@]1(O)C(=O)COC(=O)CCCC(=O)OCC(O)CO. The standard InChI is InChI=1S/C31H43FO10/c1-18-12-22-28(3)10-8-19-13-20(34)9-11-27(19,2)31(28,32)23(36)14-29(22,4)30(18,40)24(37)17-42-26(39)7-5-6-25(38)41-16-21(35)15-33/h9,11,13,18,21-23,33,35-36,40H,5-8,10,12,14-17H2,1-4H3/t18-,21?,22+,23+,27+,28+,29+,30+,31+/m1/s1. The number of alkyl halides is 1. The molecule has 4 aliphatic rings. The van der Waals surface area contributed by atoms with Gasteiger partial charge in [-0.05, 0) is 63.0 Å². The normalized spacial score (nSPS) is 41.2. The van der Waals surface area contributed by atoms with Gasteiger partial charge in [0.05, 0.1) is 12.7 Å². The first-order valence-corrected chi connectivity index (χ1v) is 14.7. The van der Waals surface area contributed by atoms with Gasteiger partial charge < -0.3 is 29.9 Å². The number of carbonyl (C=O) groups is 4. The second-order valence-electron chi connectivity index (χ2n) is 13.3. The maximum Gasteiger partial charge on any atom is 0.306 e. The van der Waals surface area contributed by atoms with Crippen LogP contribution in [0.5, 0.6) is 0 Å². The number of carbonyl (C=O) groups excluding carboxylic acids is 4. The number of fused-ring (bicyclic) bond motifs is 5. The third kappa shape index (κ3) is 4.67. The molecule has 0 aliphatic heterocycles. The van der Waals surface area contributed by atoms with Gasteiger partial charge in [-0.1, -0.05) is 32.4 Å². The van der Waals surface area contributed by atoms with Crippen LogP contribution in [-0.2, 0) is 28.7 Å². The van der Waals surface area contributed by atoms with E-state index in [0.717, 1.165) is 0 Å². The fourth-order valence-electron chi connectivity index (χ4n) is 8.77. The van der Waals surface area contributed by atoms with Gasteiger partial charge >= 0.3 is 11.9 Å². The van der Waals surface area contributed by atoms with Crippen molar-refractivity contribution in [1.29, 1.82) is 0 Å². The van der Waals surface area contributed by atoms with Crippen LogP contribution in [-0.4, -0.2) is 87.2 Å². The minimum absolute atomic E-state index is 0.0694. The van der Waals surface area contributed by atoms with E-state index in [1.807, 2.05) is 0 Å². The number of allylic oxidation sites excluding steroid dienone is 4. The predicted molar refractivity (Wildman–Crippen MR) is 146 cm³/mol. The maximum atomic E-state index is 17.6. The Hall–Kier alpha value is -2.47. The van der Waals surface area contributed by atoms with E-state index in [2.05, 4.69) is 0 Å². The Morgan fingerprint density at radius 1 is 1.12 bits per heavy atom. The lowest BCUT2D eigenvalue weighted by atomic mass is 9.39. The molecule has 9 atom stereocenters. The van der Waals surface area contributed by atoms with E-state index in [4.69, 9.17) is 14.6 Å². The van der Waals surface area contributed by atoms with E-state index in [-0.39, 0.29) is 38.1 Å². The molecule has 1 unspecified atom stereocenters. The number of aliphatic hydroxyl groups excluding tert-OH is 3. The van der Waals surface area contributed by atoms with Crippen LogP contribution >= 0.6 is 0 Å². The zero-order valence-electron chi connectivity index (χ0n) is 24.7. The zero-order valence-corrected chi connectivity index (χ0v) is 24.7. The molecule has 4 aliphatic carbocycles. The summed E-state index contributed by atoms with van der Waals surface area (Å²) < 4.78 is 27.6. The van der Waals surface area contributed by atoms with Crippen molar-refractivity contribution in [2.45, 2.75) is 96.1 Å². The molecular formula is C31H43FO10. The van der Waals surface area contributed by atoms with E-state index in [9.17, 15) is 34.5 Å². The van der Waals surface area contributed by atoms with Crippen molar-refractivity contribution in [3.8, 4) is 0 Å². The van der Waals surface area contributed by atoms with Gasteiger partial charge in [-0.25, -0.2) is 4.39 Å². The van der Waals surface area contributed by atoms with Crippen LogP contribution in [0.4, 0.5) is 4.39 Å². The van der Waals surface area contributed by atoms with E-state index in [1.54, 1.807) is 33.8 Å². The number of ketones is 2. The molecule has 11 heteroatoms. The van der Waals surface area contributed by atoms with E-state index in [1.165, 1.54) is 12.2 Å². The van der Waals surface area contributed by atoms with Gasteiger partial charge in [0.1, 0.15) is 18.3 Å². The Morgan fingerprint density at radius 2 is 1.76 bits per heavy atom. The molecule has 3 saturated carbocycles. The number of aliphatic hydroxyl groups is 4. The molecule has 0 amide bonds. The van der Waals surface area contributed by atoms with Crippen molar-refractivity contribution in [2.24, 2.45) is 28.1 Å². The Labute approximate surface area is 245 Å². The predicted octanol–water partition coefficient (Wildman–Crippen LogP) is 1.90. The van der Waals surface area contributed by atoms with Gasteiger partial charge in [0.15, 0.2) is 18.1 Å². The summed E-state index contributed by atoms with van der Waals surface area (Å²) in [5, 5.41) is 41.6. The highest BCUT2D eigenvalue weighted by Gasteiger charge is 2.79. The molecular weight excluding hydrogens is 551 g/mol. The first kappa shape index (κ1) is 32.4. The molecule has 0 aromatic heterocycles. The Balaban J connectivity index is 1.46. The minimum Gasteiger partial charge on any atom is -0.463 e. The lowest BCUT2D eigenvalue weighted by molar-refractivity contribution is -0.255. The highest BCUT2D eigenvalue weighted by Crippen LogP contribution is 2.75. The van der Waals surface area contributed by atoms with E-state index >= 15 is 4.39 Å². The summed E-state index contributed by atoms with van der Waals surface area (Å²) in [6.45, 7) is 5.28. The largest absolute Gasteiger partial charge is 0.463 e. The van der Waals surface area contributed by atoms with Crippen molar-refractivity contribution in [1.82, 2.24) is 0 Å². The van der Waals surface area contributed by atoms with E-state index in [0.29, 0.717) is 24.8 Å². The van der Waals surface area contributed by atoms with Crippen LogP contribution in [0.3, 0.4) is 0 Å². The Bertz CT molecular complexity index is 1200. The molecule has 3 fully saturated rings. The van der Waals surface area contributed by atoms with Crippen LogP contribution in [0.25, 0.3) is 0 Å². The van der Waals surface area contributed by atoms with Gasteiger partial charge in [0.25, 0.3) is 0 Å². The number of hydrogen-bond donors (Lipinski definition) is 4. The number of ether oxygens (including phenoxy) is 2. The lowest BCUT2D eigenvalue weighted by Gasteiger charge is -2.67. The number of halogens is 1. The first-order chi connectivity index (χ1) is 19.5. The molecule has 0 aromatic rings. The number of Topliss-reactive ketones (excluding diaryl/α,β-unsaturated/α-hetero) is 1. The summed E-state index contributed by atoms with van der Waals surface area (Å²) >= 11 is 0. The van der Waals surface area contributed by atoms with Crippen LogP contribution in [0.1, 0.15) is 72.6 Å². The number of rotatable bonds is 10. The Morgan fingerprint density at radius 3 is 2.40 bits per heavy atom. The van der Waals surface area contributed by atoms with Gasteiger partial charge in [-0.15, -0.1) is 0 Å². The van der Waals surface area contributed by atoms with Gasteiger partial charge in [0.2, 0.25) is 5.78 Å². The van der Waals surface area contributed by atoms with Crippen LogP contribution in [0, 0.1) is 28.1 Å². The third-order valence-corrected chi connectivity index (χ3v) is 11.1. The van der Waals surface area contributed by atoms with E-state index < -0.39 is 82.5 Å². The average Bonchev–Trinajstić information content (AvgIpc) is 3.15. The summed E-state index contributed by atoms with van der Waals surface area (Å²) in [4.78, 5) is 49.7. The highest BCUT2D eigenvalue weighted by atomic mass is 19.1. The van der Waals surface area contributed by atoms with Crippen molar-refractivity contribution < 1.29 is 53.5 Å². The fourth-order valence-corrected chi connectivity index (χ4v) is 8.77. The summed E-state index contributed by atoms with van der Waals surface area (Å²) in [5.41, 5.74) is -7.07. The highest BCUT2D eigenvalue weighted by molar-refractivity contribution is 6.01. The van der Waals surface area contributed by atoms with Crippen LogP contribution in [0.2, 0.25) is 0 Å². The van der Waals surface area contributed by atoms with Crippen LogP contribution < -0.4 is 0 Å². The molecule has 0 aromatic carbocycles. The summed E-state index contributed by atoms with van der Waals surface area (Å²) in [7, 11) is 0. The second kappa shape index (κ2) is 11.2. The molecule has 42 heavy (non-hydrogen) atoms. The van der Waals surface area contributed by atoms with Crippen molar-refractivity contribution in [2.75, 3.05) is 19.8 Å². The molecule has 0 heterocycles. The molecule has 10 nitrogen and oxygen atoms in total. The molecule has 4 rings (SSSR count). The lowest BCUT2D eigenvalue weighted by Crippen LogP contribution is -2.73. The molecule has 4 N–H and O–H groups in total. The molecule has 0 spiro atoms. The van der Waals surface area contributed by atoms with Crippen molar-refractivity contribution >= 4 is 23.5 Å². The maximum absolute atomic E-state index is 17.6. The van der Waals surface area contributed by atoms with Crippen molar-refractivity contribution in [3.05, 3.63) is 23.8 Å². The number of hydrogen-bond acceptors (Lipinski definition) is 10. The average molecular weight is 595 g/mol. The number of esters is 2. The molecule has 0 saturated heterocycles. The van der Waals surface area contributed by atoms with Crippen molar-refractivity contribution in [3.63, 3.8) is 0 Å². The van der Waals surface area contributed by atoms with Gasteiger partial charge in [-0.2, -0.15) is 0 Å². The van der Waals surface area contributed by atoms with Gasteiger partial charge in [-0.3, -0.25) is 19.2 Å². The van der Waals surface area contributed by atoms with Crippen LogP contribution in [0.15, 0.2) is 23.8 Å². The second-order valence-corrected chi connectivity index (χ2v) is 13.3. The zero-order chi connectivity index (χ0) is 31.3. The fraction of sp³-hybridized carbons (Fsp3) is 0.742. The minimum atomic E-state index is -2.15. The third-order valence-electron chi connectivity index (χ3n) is 11.1. The quantitative estimate of drug-likeness (QED) is 0.274. The molecule has 234 valence electrons. The monoisotopic (exact) mass is 594 g/mol. The summed E-state index contributed by atoms with van der Waals surface area (Å²) in [6, 6.07) is 0. The first-order valence-electron chi connectivity index (χ1n) is 14.7. The Kier molecular flexibility index (Phi) is 8.67. The molecule has 0 bridgehead atoms. The summed E-state index contributed by atoms with van der Waals surface area (Å²) in [6.07, 6.45) is 2.28. The summed E-state index contributed by atoms with van der Waals surface area (Å²) in [5.74, 6) is -3.45. The molecule has 0 radical (unpaired) electrons. The smallest absolute Gasteiger partial charge is 0.306 e. The topological polar surface area (TPSA) is 168 Å².